The second-order valence-electron chi connectivity index (χ2n) is 7.08. The Morgan fingerprint density at radius 3 is 2.21 bits per heavy atom. The van der Waals surface area contributed by atoms with Gasteiger partial charge in [0.2, 0.25) is 5.91 Å². The summed E-state index contributed by atoms with van der Waals surface area (Å²) < 4.78 is 38.6. The molecule has 1 amide bonds. The van der Waals surface area contributed by atoms with Crippen molar-refractivity contribution in [2.45, 2.75) is 6.61 Å². The standard InChI is InChI=1S/C24H20F2N4O3/c1-32-15-22(31)27-20-10-12-21(13-11-20)30-23(17-4-8-19(26)9-5-17)28-24(29-30)33-14-16-2-6-18(25)7-3-16/h2-13H,14-15H2,1H3,(H,27,31). The number of ether oxygens (including phenoxy) is 2. The summed E-state index contributed by atoms with van der Waals surface area (Å²) >= 11 is 0. The van der Waals surface area contributed by atoms with Crippen LogP contribution in [0.1, 0.15) is 5.56 Å². The van der Waals surface area contributed by atoms with Crippen LogP contribution >= 0.6 is 0 Å². The van der Waals surface area contributed by atoms with Crippen molar-refractivity contribution in [2.75, 3.05) is 19.0 Å². The molecule has 0 spiro atoms. The van der Waals surface area contributed by atoms with Crippen LogP contribution in [-0.4, -0.2) is 34.4 Å². The zero-order valence-corrected chi connectivity index (χ0v) is 17.7. The molecule has 0 aliphatic carbocycles. The summed E-state index contributed by atoms with van der Waals surface area (Å²) in [4.78, 5) is 16.2. The van der Waals surface area contributed by atoms with Gasteiger partial charge in [0.15, 0.2) is 5.82 Å². The first kappa shape index (κ1) is 22.1. The SMILES string of the molecule is COCC(=O)Nc1ccc(-n2nc(OCc3ccc(F)cc3)nc2-c2ccc(F)cc2)cc1. The molecule has 7 nitrogen and oxygen atoms in total. The third-order valence-corrected chi connectivity index (χ3v) is 4.64. The normalized spacial score (nSPS) is 10.8. The number of rotatable bonds is 8. The van der Waals surface area contributed by atoms with E-state index in [1.807, 2.05) is 0 Å². The molecule has 0 saturated carbocycles. The maximum Gasteiger partial charge on any atom is 0.336 e. The molecule has 1 N–H and O–H groups in total. The highest BCUT2D eigenvalue weighted by molar-refractivity contribution is 5.91. The molecule has 0 fully saturated rings. The van der Waals surface area contributed by atoms with E-state index in [9.17, 15) is 13.6 Å². The van der Waals surface area contributed by atoms with E-state index in [4.69, 9.17) is 9.47 Å². The number of methoxy groups -OCH3 is 1. The molecule has 0 bridgehead atoms. The van der Waals surface area contributed by atoms with E-state index in [0.29, 0.717) is 22.8 Å². The minimum Gasteiger partial charge on any atom is -0.457 e. The summed E-state index contributed by atoms with van der Waals surface area (Å²) in [6.45, 7) is 0.103. The molecule has 33 heavy (non-hydrogen) atoms. The van der Waals surface area contributed by atoms with E-state index in [0.717, 1.165) is 5.56 Å². The van der Waals surface area contributed by atoms with Gasteiger partial charge in [0, 0.05) is 18.4 Å². The van der Waals surface area contributed by atoms with E-state index >= 15 is 0 Å². The Morgan fingerprint density at radius 2 is 1.58 bits per heavy atom. The average Bonchev–Trinajstić information content (AvgIpc) is 3.24. The summed E-state index contributed by atoms with van der Waals surface area (Å²) in [6, 6.07) is 18.9. The molecule has 4 aromatic rings. The number of anilines is 1. The molecule has 3 aromatic carbocycles. The smallest absolute Gasteiger partial charge is 0.336 e. The fourth-order valence-corrected chi connectivity index (χ4v) is 3.06. The average molecular weight is 450 g/mol. The zero-order chi connectivity index (χ0) is 23.2. The summed E-state index contributed by atoms with van der Waals surface area (Å²) in [6.07, 6.45) is 0. The Morgan fingerprint density at radius 1 is 0.939 bits per heavy atom. The van der Waals surface area contributed by atoms with Crippen molar-refractivity contribution in [1.29, 1.82) is 0 Å². The van der Waals surface area contributed by atoms with Crippen LogP contribution in [0, 0.1) is 11.6 Å². The number of aromatic nitrogens is 3. The first-order valence-electron chi connectivity index (χ1n) is 10.0. The zero-order valence-electron chi connectivity index (χ0n) is 17.7. The maximum atomic E-state index is 13.4. The van der Waals surface area contributed by atoms with E-state index in [2.05, 4.69) is 15.4 Å². The quantitative estimate of drug-likeness (QED) is 0.431. The highest BCUT2D eigenvalue weighted by Crippen LogP contribution is 2.25. The van der Waals surface area contributed by atoms with Crippen LogP contribution in [0.5, 0.6) is 6.01 Å². The summed E-state index contributed by atoms with van der Waals surface area (Å²) in [5.41, 5.74) is 2.64. The van der Waals surface area contributed by atoms with Gasteiger partial charge in [0.1, 0.15) is 24.8 Å². The predicted octanol–water partition coefficient (Wildman–Crippen LogP) is 4.38. The molecule has 168 valence electrons. The number of hydrogen-bond donors (Lipinski definition) is 1. The molecule has 0 saturated heterocycles. The third-order valence-electron chi connectivity index (χ3n) is 4.64. The molecule has 4 rings (SSSR count). The number of nitrogens with zero attached hydrogens (tertiary/aromatic N) is 3. The second kappa shape index (κ2) is 10.0. The van der Waals surface area contributed by atoms with Gasteiger partial charge in [-0.25, -0.2) is 13.5 Å². The van der Waals surface area contributed by atoms with Crippen molar-refractivity contribution >= 4 is 11.6 Å². The monoisotopic (exact) mass is 450 g/mol. The molecular formula is C24H20F2N4O3. The number of amides is 1. The number of carbonyl (C=O) groups excluding carboxylic acids is 1. The number of halogens is 2. The van der Waals surface area contributed by atoms with Crippen LogP contribution in [0.2, 0.25) is 0 Å². The van der Waals surface area contributed by atoms with E-state index < -0.39 is 0 Å². The highest BCUT2D eigenvalue weighted by atomic mass is 19.1. The van der Waals surface area contributed by atoms with Gasteiger partial charge in [-0.15, -0.1) is 5.10 Å². The number of hydrogen-bond acceptors (Lipinski definition) is 5. The van der Waals surface area contributed by atoms with E-state index in [-0.39, 0.29) is 36.8 Å². The number of carbonyl (C=O) groups is 1. The Hall–Kier alpha value is -4.11. The van der Waals surface area contributed by atoms with Gasteiger partial charge in [-0.2, -0.15) is 4.98 Å². The third kappa shape index (κ3) is 5.58. The van der Waals surface area contributed by atoms with Gasteiger partial charge in [-0.05, 0) is 66.2 Å². The van der Waals surface area contributed by atoms with Crippen LogP contribution in [-0.2, 0) is 16.1 Å². The first-order chi connectivity index (χ1) is 16.0. The molecule has 0 radical (unpaired) electrons. The lowest BCUT2D eigenvalue weighted by Gasteiger charge is -2.08. The molecule has 0 aliphatic rings. The Kier molecular flexibility index (Phi) is 6.70. The Balaban J connectivity index is 1.61. The number of benzene rings is 3. The minimum atomic E-state index is -0.367. The lowest BCUT2D eigenvalue weighted by Crippen LogP contribution is -2.17. The largest absolute Gasteiger partial charge is 0.457 e. The van der Waals surface area contributed by atoms with Crippen molar-refractivity contribution in [2.24, 2.45) is 0 Å². The van der Waals surface area contributed by atoms with Gasteiger partial charge in [0.05, 0.1) is 5.69 Å². The lowest BCUT2D eigenvalue weighted by molar-refractivity contribution is -0.119. The van der Waals surface area contributed by atoms with Crippen molar-refractivity contribution in [3.63, 3.8) is 0 Å². The predicted molar refractivity (Wildman–Crippen MR) is 118 cm³/mol. The minimum absolute atomic E-state index is 0.0473. The molecule has 0 aliphatic heterocycles. The highest BCUT2D eigenvalue weighted by Gasteiger charge is 2.15. The van der Waals surface area contributed by atoms with Gasteiger partial charge in [-0.3, -0.25) is 4.79 Å². The molecule has 9 heteroatoms. The lowest BCUT2D eigenvalue weighted by atomic mass is 10.2. The molecule has 1 aromatic heterocycles. The van der Waals surface area contributed by atoms with E-state index in [1.165, 1.54) is 31.4 Å². The van der Waals surface area contributed by atoms with Gasteiger partial charge >= 0.3 is 6.01 Å². The van der Waals surface area contributed by atoms with Crippen molar-refractivity contribution in [3.8, 4) is 23.1 Å². The summed E-state index contributed by atoms with van der Waals surface area (Å²) in [5, 5.41) is 7.16. The Labute approximate surface area is 188 Å². The van der Waals surface area contributed by atoms with Crippen LogP contribution in [0.25, 0.3) is 17.1 Å². The Bertz CT molecular complexity index is 1220. The summed E-state index contributed by atoms with van der Waals surface area (Å²) in [5.74, 6) is -0.523. The van der Waals surface area contributed by atoms with Crippen LogP contribution < -0.4 is 10.1 Å². The fourth-order valence-electron chi connectivity index (χ4n) is 3.06. The van der Waals surface area contributed by atoms with Gasteiger partial charge in [-0.1, -0.05) is 12.1 Å². The van der Waals surface area contributed by atoms with Crippen molar-refractivity contribution < 1.29 is 23.0 Å². The fraction of sp³-hybridized carbons (Fsp3) is 0.125. The molecular weight excluding hydrogens is 430 g/mol. The number of nitrogens with one attached hydrogen (secondary N) is 1. The van der Waals surface area contributed by atoms with Crippen LogP contribution in [0.4, 0.5) is 14.5 Å². The van der Waals surface area contributed by atoms with Gasteiger partial charge < -0.3 is 14.8 Å². The molecule has 0 unspecified atom stereocenters. The molecule has 1 heterocycles. The van der Waals surface area contributed by atoms with Gasteiger partial charge in [0.25, 0.3) is 0 Å². The van der Waals surface area contributed by atoms with Crippen LogP contribution in [0.3, 0.4) is 0 Å². The topological polar surface area (TPSA) is 78.3 Å². The summed E-state index contributed by atoms with van der Waals surface area (Å²) in [7, 11) is 1.44. The van der Waals surface area contributed by atoms with Crippen LogP contribution in [0.15, 0.2) is 72.8 Å². The van der Waals surface area contributed by atoms with E-state index in [1.54, 1.807) is 53.2 Å². The van der Waals surface area contributed by atoms with Crippen molar-refractivity contribution in [1.82, 2.24) is 14.8 Å². The van der Waals surface area contributed by atoms with Crippen molar-refractivity contribution in [3.05, 3.63) is 90.0 Å². The molecule has 0 atom stereocenters. The maximum absolute atomic E-state index is 13.4. The second-order valence-corrected chi connectivity index (χ2v) is 7.08. The first-order valence-corrected chi connectivity index (χ1v) is 10.0.